The molecular formula is C13H19NO3S2Si. The second kappa shape index (κ2) is 6.93. The maximum absolute atomic E-state index is 5.44. The van der Waals surface area contributed by atoms with E-state index in [0.29, 0.717) is 0 Å². The number of hydrogen-bond donors (Lipinski definition) is 1. The van der Waals surface area contributed by atoms with Crippen LogP contribution in [-0.4, -0.2) is 35.1 Å². The molecule has 0 saturated heterocycles. The van der Waals surface area contributed by atoms with Crippen LogP contribution < -0.4 is 0 Å². The maximum Gasteiger partial charge on any atom is 0.500 e. The minimum absolute atomic E-state index is 0.803. The van der Waals surface area contributed by atoms with Gasteiger partial charge in [0.1, 0.15) is 0 Å². The molecule has 0 amide bonds. The largest absolute Gasteiger partial charge is 0.500 e. The zero-order chi connectivity index (χ0) is 14.6. The summed E-state index contributed by atoms with van der Waals surface area (Å²) in [5, 5.41) is 0. The van der Waals surface area contributed by atoms with Crippen molar-refractivity contribution in [3.8, 4) is 0 Å². The Hall–Kier alpha value is -0.573. The third kappa shape index (κ3) is 3.36. The Morgan fingerprint density at radius 2 is 1.90 bits per heavy atom. The quantitative estimate of drug-likeness (QED) is 0.620. The van der Waals surface area contributed by atoms with Gasteiger partial charge in [-0.15, -0.1) is 11.3 Å². The molecule has 0 fully saturated rings. The van der Waals surface area contributed by atoms with Crippen molar-refractivity contribution in [3.63, 3.8) is 0 Å². The van der Waals surface area contributed by atoms with E-state index in [2.05, 4.69) is 23.2 Å². The molecule has 1 aromatic heterocycles. The third-order valence-corrected chi connectivity index (χ3v) is 7.44. The van der Waals surface area contributed by atoms with Gasteiger partial charge in [0.25, 0.3) is 0 Å². The number of para-hydroxylation sites is 1. The number of aromatic nitrogens is 1. The molecular weight excluding hydrogens is 310 g/mol. The van der Waals surface area contributed by atoms with Crippen molar-refractivity contribution in [1.82, 2.24) is 4.98 Å². The highest BCUT2D eigenvalue weighted by molar-refractivity contribution is 7.73. The van der Waals surface area contributed by atoms with Gasteiger partial charge in [0.15, 0.2) is 3.95 Å². The van der Waals surface area contributed by atoms with E-state index in [-0.39, 0.29) is 0 Å². The van der Waals surface area contributed by atoms with Crippen LogP contribution in [0.15, 0.2) is 18.2 Å². The van der Waals surface area contributed by atoms with Crippen molar-refractivity contribution in [2.45, 2.75) is 18.9 Å². The molecule has 0 unspecified atom stereocenters. The zero-order valence-corrected chi connectivity index (χ0v) is 14.5. The second-order valence-corrected chi connectivity index (χ2v) is 9.26. The van der Waals surface area contributed by atoms with Gasteiger partial charge in [0.2, 0.25) is 0 Å². The fourth-order valence-electron chi connectivity index (χ4n) is 2.29. The Kier molecular flexibility index (Phi) is 5.47. The number of H-pyrrole nitrogens is 1. The summed E-state index contributed by atoms with van der Waals surface area (Å²) in [5.41, 5.74) is 2.43. The van der Waals surface area contributed by atoms with E-state index in [1.54, 1.807) is 32.7 Å². The molecule has 1 N–H and O–H groups in total. The van der Waals surface area contributed by atoms with Crippen LogP contribution in [0.1, 0.15) is 12.0 Å². The number of rotatable bonds is 7. The molecule has 7 heteroatoms. The molecule has 0 radical (unpaired) electrons. The fourth-order valence-corrected chi connectivity index (χ4v) is 5.17. The molecule has 0 atom stereocenters. The first-order chi connectivity index (χ1) is 9.64. The average Bonchev–Trinajstić information content (AvgIpc) is 2.85. The lowest BCUT2D eigenvalue weighted by Gasteiger charge is -2.24. The smallest absolute Gasteiger partial charge is 0.377 e. The molecule has 0 spiro atoms. The van der Waals surface area contributed by atoms with Crippen LogP contribution in [-0.2, 0) is 19.7 Å². The SMILES string of the molecule is CO[Si](CCCc1cccc2sc(=S)[nH]c12)(OC)OC. The highest BCUT2D eigenvalue weighted by Crippen LogP contribution is 2.25. The summed E-state index contributed by atoms with van der Waals surface area (Å²) in [4.78, 5) is 3.27. The van der Waals surface area contributed by atoms with Crippen LogP contribution in [0.3, 0.4) is 0 Å². The Balaban J connectivity index is 2.08. The van der Waals surface area contributed by atoms with E-state index in [1.807, 2.05) is 0 Å². The summed E-state index contributed by atoms with van der Waals surface area (Å²) in [6.45, 7) is 0. The van der Waals surface area contributed by atoms with Crippen molar-refractivity contribution in [1.29, 1.82) is 0 Å². The van der Waals surface area contributed by atoms with E-state index in [1.165, 1.54) is 10.3 Å². The van der Waals surface area contributed by atoms with Crippen LogP contribution in [0.5, 0.6) is 0 Å². The molecule has 0 saturated carbocycles. The Morgan fingerprint density at radius 3 is 2.55 bits per heavy atom. The van der Waals surface area contributed by atoms with Gasteiger partial charge < -0.3 is 18.3 Å². The van der Waals surface area contributed by atoms with E-state index < -0.39 is 8.80 Å². The molecule has 0 bridgehead atoms. The van der Waals surface area contributed by atoms with E-state index >= 15 is 0 Å². The minimum Gasteiger partial charge on any atom is -0.377 e. The van der Waals surface area contributed by atoms with Gasteiger partial charge >= 0.3 is 8.80 Å². The highest BCUT2D eigenvalue weighted by atomic mass is 32.1. The standard InChI is InChI=1S/C13H19NO3S2Si/c1-15-20(16-2,17-3)9-5-7-10-6-4-8-11-12(10)14-13(18)19-11/h4,6,8H,5,7,9H2,1-3H3,(H,14,18). The van der Waals surface area contributed by atoms with Gasteiger partial charge in [-0.25, -0.2) is 0 Å². The number of aryl methyl sites for hydroxylation is 1. The molecule has 0 aliphatic carbocycles. The molecule has 1 aromatic carbocycles. The summed E-state index contributed by atoms with van der Waals surface area (Å²) in [5.74, 6) is 0. The van der Waals surface area contributed by atoms with Crippen LogP contribution in [0.2, 0.25) is 6.04 Å². The van der Waals surface area contributed by atoms with Crippen LogP contribution in [0.4, 0.5) is 0 Å². The van der Waals surface area contributed by atoms with Crippen molar-refractivity contribution in [3.05, 3.63) is 27.7 Å². The van der Waals surface area contributed by atoms with Gasteiger partial charge in [0, 0.05) is 27.4 Å². The number of benzene rings is 1. The lowest BCUT2D eigenvalue weighted by atomic mass is 10.1. The number of aromatic amines is 1. The molecule has 1 heterocycles. The number of thiazole rings is 1. The zero-order valence-electron chi connectivity index (χ0n) is 11.9. The van der Waals surface area contributed by atoms with Gasteiger partial charge in [-0.1, -0.05) is 12.1 Å². The number of hydrogen-bond acceptors (Lipinski definition) is 5. The molecule has 0 aliphatic rings. The highest BCUT2D eigenvalue weighted by Gasteiger charge is 2.36. The minimum atomic E-state index is -2.46. The first-order valence-corrected chi connectivity index (χ1v) is 9.56. The van der Waals surface area contributed by atoms with Crippen molar-refractivity contribution < 1.29 is 13.3 Å². The second-order valence-electron chi connectivity index (χ2n) is 4.45. The molecule has 110 valence electrons. The van der Waals surface area contributed by atoms with E-state index in [0.717, 1.165) is 28.4 Å². The first kappa shape index (κ1) is 15.8. The summed E-state index contributed by atoms with van der Waals surface area (Å²) < 4.78 is 18.3. The average molecular weight is 330 g/mol. The van der Waals surface area contributed by atoms with Gasteiger partial charge in [-0.2, -0.15) is 0 Å². The molecule has 2 rings (SSSR count). The predicted molar refractivity (Wildman–Crippen MR) is 86.9 cm³/mol. The Morgan fingerprint density at radius 1 is 1.20 bits per heavy atom. The lowest BCUT2D eigenvalue weighted by molar-refractivity contribution is 0.123. The van der Waals surface area contributed by atoms with Crippen molar-refractivity contribution in [2.24, 2.45) is 0 Å². The number of nitrogens with one attached hydrogen (secondary N) is 1. The van der Waals surface area contributed by atoms with Gasteiger partial charge in [0.05, 0.1) is 10.2 Å². The molecule has 20 heavy (non-hydrogen) atoms. The monoisotopic (exact) mass is 329 g/mol. The van der Waals surface area contributed by atoms with Gasteiger partial charge in [-0.05, 0) is 36.7 Å². The summed E-state index contributed by atoms with van der Waals surface area (Å²) >= 11 is 6.82. The normalized spacial score (nSPS) is 12.2. The van der Waals surface area contributed by atoms with E-state index in [9.17, 15) is 0 Å². The van der Waals surface area contributed by atoms with Crippen molar-refractivity contribution in [2.75, 3.05) is 21.3 Å². The molecule has 2 aromatic rings. The summed E-state index contributed by atoms with van der Waals surface area (Å²) in [6.07, 6.45) is 1.90. The molecule has 0 aliphatic heterocycles. The van der Waals surface area contributed by atoms with Crippen LogP contribution >= 0.6 is 23.6 Å². The van der Waals surface area contributed by atoms with Crippen LogP contribution in [0, 0.1) is 3.95 Å². The topological polar surface area (TPSA) is 43.5 Å². The number of fused-ring (bicyclic) bond motifs is 1. The Labute approximate surface area is 129 Å². The van der Waals surface area contributed by atoms with Crippen LogP contribution in [0.25, 0.3) is 10.2 Å². The van der Waals surface area contributed by atoms with Gasteiger partial charge in [-0.3, -0.25) is 0 Å². The summed E-state index contributed by atoms with van der Waals surface area (Å²) in [7, 11) is 2.48. The van der Waals surface area contributed by atoms with Crippen molar-refractivity contribution >= 4 is 42.6 Å². The van der Waals surface area contributed by atoms with E-state index in [4.69, 9.17) is 25.5 Å². The lowest BCUT2D eigenvalue weighted by Crippen LogP contribution is -2.42. The first-order valence-electron chi connectivity index (χ1n) is 6.40. The maximum atomic E-state index is 5.44. The summed E-state index contributed by atoms with van der Waals surface area (Å²) in [6, 6.07) is 7.10. The molecule has 4 nitrogen and oxygen atoms in total. The third-order valence-electron chi connectivity index (χ3n) is 3.40. The Bertz CT molecular complexity index is 613. The fraction of sp³-hybridized carbons (Fsp3) is 0.462. The predicted octanol–water partition coefficient (Wildman–Crippen LogP) is 3.77.